The number of nitrogens with zero attached hydrogens (tertiary/aromatic N) is 5. The van der Waals surface area contributed by atoms with Gasteiger partial charge in [-0.05, 0) is 44.0 Å². The Bertz CT molecular complexity index is 1340. The fraction of sp³-hybridized carbons (Fsp3) is 0.273. The number of anilines is 1. The van der Waals surface area contributed by atoms with Crippen molar-refractivity contribution in [3.8, 4) is 0 Å². The van der Waals surface area contributed by atoms with Gasteiger partial charge in [0.05, 0.1) is 16.7 Å². The van der Waals surface area contributed by atoms with Gasteiger partial charge in [0.2, 0.25) is 11.7 Å². The molecule has 0 saturated heterocycles. The van der Waals surface area contributed by atoms with Gasteiger partial charge < -0.3 is 4.90 Å². The van der Waals surface area contributed by atoms with E-state index < -0.39 is 0 Å². The zero-order chi connectivity index (χ0) is 20.8. The lowest BCUT2D eigenvalue weighted by molar-refractivity contribution is -0.116. The van der Waals surface area contributed by atoms with E-state index in [4.69, 9.17) is 0 Å². The molecular formula is C22H21N5O2S. The first-order chi connectivity index (χ1) is 14.6. The monoisotopic (exact) mass is 419 g/mol. The molecule has 1 atom stereocenters. The number of hydrogen-bond donors (Lipinski definition) is 0. The maximum Gasteiger partial charge on any atom is 0.262 e. The Morgan fingerprint density at radius 1 is 1.13 bits per heavy atom. The summed E-state index contributed by atoms with van der Waals surface area (Å²) in [5, 5.41) is 9.78. The maximum atomic E-state index is 13.1. The molecule has 2 aromatic heterocycles. The Morgan fingerprint density at radius 3 is 2.73 bits per heavy atom. The first-order valence-corrected chi connectivity index (χ1v) is 11.0. The Hall–Kier alpha value is -3.13. The molecule has 0 N–H and O–H groups in total. The van der Waals surface area contributed by atoms with E-state index in [2.05, 4.69) is 23.2 Å². The van der Waals surface area contributed by atoms with E-state index in [1.807, 2.05) is 58.7 Å². The van der Waals surface area contributed by atoms with Crippen LogP contribution in [0.15, 0.2) is 58.5 Å². The predicted octanol–water partition coefficient (Wildman–Crippen LogP) is 3.13. The van der Waals surface area contributed by atoms with Crippen molar-refractivity contribution in [1.29, 1.82) is 0 Å². The molecule has 1 aliphatic heterocycles. The van der Waals surface area contributed by atoms with Gasteiger partial charge in [0.1, 0.15) is 0 Å². The van der Waals surface area contributed by atoms with Gasteiger partial charge in [-0.25, -0.2) is 0 Å². The first kappa shape index (κ1) is 18.9. The van der Waals surface area contributed by atoms with Crippen molar-refractivity contribution in [3.05, 3.63) is 64.4 Å². The Kier molecular flexibility index (Phi) is 4.58. The van der Waals surface area contributed by atoms with Crippen molar-refractivity contribution >= 4 is 40.0 Å². The number of aryl methyl sites for hydroxylation is 1. The van der Waals surface area contributed by atoms with Crippen molar-refractivity contribution in [2.75, 3.05) is 10.7 Å². The topological polar surface area (TPSA) is 72.5 Å². The highest BCUT2D eigenvalue weighted by molar-refractivity contribution is 7.99. The molecule has 0 unspecified atom stereocenters. The molecule has 0 aliphatic carbocycles. The maximum absolute atomic E-state index is 13.1. The number of thioether (sulfide) groups is 1. The van der Waals surface area contributed by atoms with Crippen molar-refractivity contribution in [3.63, 3.8) is 0 Å². The zero-order valence-corrected chi connectivity index (χ0v) is 17.6. The summed E-state index contributed by atoms with van der Waals surface area (Å²) in [4.78, 5) is 27.8. The predicted molar refractivity (Wildman–Crippen MR) is 118 cm³/mol. The molecule has 0 fully saturated rings. The molecule has 0 radical (unpaired) electrons. The van der Waals surface area contributed by atoms with Crippen LogP contribution in [-0.4, -0.2) is 36.9 Å². The third-order valence-corrected chi connectivity index (χ3v) is 6.51. The molecule has 3 heterocycles. The number of aromatic nitrogens is 4. The minimum absolute atomic E-state index is 0.0438. The normalized spacial score (nSPS) is 15.8. The van der Waals surface area contributed by atoms with Gasteiger partial charge >= 0.3 is 0 Å². The standard InChI is InChI=1S/C22H21N5O2S/c1-3-25-20(29)16-9-5-7-11-18(16)27-21(25)23-24-22(27)30-13-19(28)26-14(2)12-15-8-4-6-10-17(15)26/h4-11,14H,3,12-13H2,1-2H3/t14-/m1/s1. The summed E-state index contributed by atoms with van der Waals surface area (Å²) in [6, 6.07) is 15.6. The molecule has 4 aromatic rings. The minimum Gasteiger partial charge on any atom is -0.308 e. The summed E-state index contributed by atoms with van der Waals surface area (Å²) in [5.41, 5.74) is 2.87. The fourth-order valence-electron chi connectivity index (χ4n) is 4.25. The quantitative estimate of drug-likeness (QED) is 0.475. The lowest BCUT2D eigenvalue weighted by Crippen LogP contribution is -2.37. The lowest BCUT2D eigenvalue weighted by atomic mass is 10.1. The van der Waals surface area contributed by atoms with E-state index in [1.165, 1.54) is 17.3 Å². The summed E-state index contributed by atoms with van der Waals surface area (Å²) in [6.07, 6.45) is 0.869. The molecule has 5 rings (SSSR count). The van der Waals surface area contributed by atoms with Gasteiger partial charge in [-0.1, -0.05) is 42.1 Å². The van der Waals surface area contributed by atoms with Gasteiger partial charge in [-0.15, -0.1) is 10.2 Å². The molecular weight excluding hydrogens is 398 g/mol. The van der Waals surface area contributed by atoms with E-state index >= 15 is 0 Å². The van der Waals surface area contributed by atoms with E-state index in [1.54, 1.807) is 4.57 Å². The summed E-state index contributed by atoms with van der Waals surface area (Å²) in [5.74, 6) is 0.789. The van der Waals surface area contributed by atoms with Crippen LogP contribution in [0.3, 0.4) is 0 Å². The number of carbonyl (C=O) groups excluding carboxylic acids is 1. The van der Waals surface area contributed by atoms with Gasteiger partial charge in [0, 0.05) is 18.3 Å². The number of hydrogen-bond acceptors (Lipinski definition) is 5. The Morgan fingerprint density at radius 2 is 1.90 bits per heavy atom. The number of rotatable bonds is 4. The van der Waals surface area contributed by atoms with Crippen LogP contribution in [0.25, 0.3) is 16.7 Å². The number of fused-ring (bicyclic) bond motifs is 4. The molecule has 2 aromatic carbocycles. The van der Waals surface area contributed by atoms with Crippen molar-refractivity contribution in [1.82, 2.24) is 19.2 Å². The van der Waals surface area contributed by atoms with Gasteiger partial charge in [0.15, 0.2) is 5.16 Å². The summed E-state index contributed by atoms with van der Waals surface area (Å²) in [7, 11) is 0. The second-order valence-corrected chi connectivity index (χ2v) is 8.36. The smallest absolute Gasteiger partial charge is 0.262 e. The summed E-state index contributed by atoms with van der Waals surface area (Å²) in [6.45, 7) is 4.48. The third-order valence-electron chi connectivity index (χ3n) is 5.60. The summed E-state index contributed by atoms with van der Waals surface area (Å²) < 4.78 is 3.49. The second-order valence-electron chi connectivity index (χ2n) is 7.42. The van der Waals surface area contributed by atoms with Gasteiger partial charge in [-0.3, -0.25) is 18.6 Å². The highest BCUT2D eigenvalue weighted by Crippen LogP contribution is 2.33. The van der Waals surface area contributed by atoms with Gasteiger partial charge in [-0.2, -0.15) is 0 Å². The average Bonchev–Trinajstić information content (AvgIpc) is 3.33. The molecule has 0 bridgehead atoms. The van der Waals surface area contributed by atoms with Crippen LogP contribution in [0.4, 0.5) is 5.69 Å². The van der Waals surface area contributed by atoms with Crippen LogP contribution in [0.2, 0.25) is 0 Å². The molecule has 30 heavy (non-hydrogen) atoms. The van der Waals surface area contributed by atoms with E-state index in [0.717, 1.165) is 17.6 Å². The molecule has 1 aliphatic rings. The first-order valence-electron chi connectivity index (χ1n) is 9.99. The van der Waals surface area contributed by atoms with E-state index in [9.17, 15) is 9.59 Å². The number of benzene rings is 2. The minimum atomic E-state index is -0.0804. The van der Waals surface area contributed by atoms with Crippen LogP contribution in [0.5, 0.6) is 0 Å². The number of para-hydroxylation sites is 2. The van der Waals surface area contributed by atoms with Crippen LogP contribution >= 0.6 is 11.8 Å². The molecule has 0 spiro atoms. The van der Waals surface area contributed by atoms with Crippen LogP contribution in [0, 0.1) is 0 Å². The average molecular weight is 420 g/mol. The zero-order valence-electron chi connectivity index (χ0n) is 16.8. The van der Waals surface area contributed by atoms with Crippen LogP contribution < -0.4 is 10.5 Å². The van der Waals surface area contributed by atoms with E-state index in [-0.39, 0.29) is 23.3 Å². The molecule has 7 nitrogen and oxygen atoms in total. The second kappa shape index (κ2) is 7.28. The number of carbonyl (C=O) groups is 1. The van der Waals surface area contributed by atoms with E-state index in [0.29, 0.717) is 22.9 Å². The van der Waals surface area contributed by atoms with Crippen molar-refractivity contribution < 1.29 is 4.79 Å². The van der Waals surface area contributed by atoms with Gasteiger partial charge in [0.25, 0.3) is 5.56 Å². The summed E-state index contributed by atoms with van der Waals surface area (Å²) >= 11 is 1.35. The Balaban J connectivity index is 1.51. The fourth-order valence-corrected chi connectivity index (χ4v) is 5.05. The van der Waals surface area contributed by atoms with Crippen molar-refractivity contribution in [2.45, 2.75) is 38.0 Å². The molecule has 1 amide bonds. The van der Waals surface area contributed by atoms with Crippen molar-refractivity contribution in [2.24, 2.45) is 0 Å². The third kappa shape index (κ3) is 2.82. The highest BCUT2D eigenvalue weighted by atomic mass is 32.2. The molecule has 152 valence electrons. The molecule has 0 saturated carbocycles. The largest absolute Gasteiger partial charge is 0.308 e. The molecule has 8 heteroatoms. The van der Waals surface area contributed by atoms with Crippen LogP contribution in [0.1, 0.15) is 19.4 Å². The number of amides is 1. The Labute approximate surface area is 177 Å². The highest BCUT2D eigenvalue weighted by Gasteiger charge is 2.30. The van der Waals surface area contributed by atoms with Crippen LogP contribution in [-0.2, 0) is 17.8 Å². The lowest BCUT2D eigenvalue weighted by Gasteiger charge is -2.22. The SMILES string of the molecule is CCn1c(=O)c2ccccc2n2c(SCC(=O)N3c4ccccc4C[C@H]3C)nnc12.